The number of carbonyl (C=O) groups is 1. The number of nitrogens with one attached hydrogen (secondary N) is 2. The third-order valence-electron chi connectivity index (χ3n) is 5.58. The summed E-state index contributed by atoms with van der Waals surface area (Å²) in [5.41, 5.74) is 9.92. The number of carbonyl (C=O) groups excluding carboxylic acids is 1. The number of dihydropyridines is 1. The summed E-state index contributed by atoms with van der Waals surface area (Å²) in [6.07, 6.45) is 13.8. The minimum Gasteiger partial charge on any atom is -0.374 e. The van der Waals surface area contributed by atoms with E-state index < -0.39 is 0 Å². The van der Waals surface area contributed by atoms with Gasteiger partial charge in [0.2, 0.25) is 0 Å². The number of aliphatic imine (C=N–C) groups is 1. The molecule has 2 aliphatic heterocycles. The highest BCUT2D eigenvalue weighted by Gasteiger charge is 2.20. The molecule has 3 atom stereocenters. The first-order valence-corrected chi connectivity index (χ1v) is 10.2. The third kappa shape index (κ3) is 6.27. The van der Waals surface area contributed by atoms with Gasteiger partial charge >= 0.3 is 0 Å². The van der Waals surface area contributed by atoms with Crippen LogP contribution >= 0.6 is 0 Å². The van der Waals surface area contributed by atoms with Crippen LogP contribution in [0.25, 0.3) is 0 Å². The fourth-order valence-corrected chi connectivity index (χ4v) is 3.42. The molecule has 0 saturated carbocycles. The maximum absolute atomic E-state index is 11.7. The molecule has 2 heterocycles. The number of Topliss-reactive ketones (excluding diaryl/α,β-unsaturated/α-hetero) is 1. The molecule has 0 aromatic rings. The molecule has 6 heteroatoms. The molecular formula is C23H35N5O. The van der Waals surface area contributed by atoms with Gasteiger partial charge in [-0.1, -0.05) is 12.7 Å². The van der Waals surface area contributed by atoms with Crippen LogP contribution in [-0.2, 0) is 4.79 Å². The van der Waals surface area contributed by atoms with Crippen LogP contribution in [0.3, 0.4) is 0 Å². The predicted molar refractivity (Wildman–Crippen MR) is 122 cm³/mol. The second-order valence-corrected chi connectivity index (χ2v) is 7.72. The second kappa shape index (κ2) is 10.9. The molecule has 3 unspecified atom stereocenters. The number of hydrogen-bond acceptors (Lipinski definition) is 6. The second-order valence-electron chi connectivity index (χ2n) is 7.72. The largest absolute Gasteiger partial charge is 0.374 e. The van der Waals surface area contributed by atoms with Crippen LogP contribution in [0.2, 0.25) is 0 Å². The van der Waals surface area contributed by atoms with Gasteiger partial charge in [0, 0.05) is 43.0 Å². The van der Waals surface area contributed by atoms with Crippen LogP contribution in [0.15, 0.2) is 64.6 Å². The normalized spacial score (nSPS) is 22.7. The van der Waals surface area contributed by atoms with Crippen molar-refractivity contribution in [3.8, 4) is 0 Å². The van der Waals surface area contributed by atoms with Gasteiger partial charge in [-0.15, -0.1) is 0 Å². The summed E-state index contributed by atoms with van der Waals surface area (Å²) in [6.45, 7) is 9.03. The van der Waals surface area contributed by atoms with Crippen LogP contribution < -0.4 is 16.4 Å². The molecule has 0 aromatic carbocycles. The lowest BCUT2D eigenvalue weighted by atomic mass is 9.92. The number of likely N-dealkylation sites (N-methyl/N-ethyl adjacent to an activating group) is 2. The standard InChI is InChI=1S/C23H35N5O/c1-16(6-7-20(13-24)18(3)29)23-21(22(25-4)8-10-27-23)15-26-14-19-9-11-28(5)17(2)12-19/h8-12,15,17,20,22,25,27H,1,6-7,13-14,24H2,2-5H3. The van der Waals surface area contributed by atoms with Crippen molar-refractivity contribution in [1.29, 1.82) is 0 Å². The minimum absolute atomic E-state index is 0.0609. The summed E-state index contributed by atoms with van der Waals surface area (Å²) in [7, 11) is 4.00. The van der Waals surface area contributed by atoms with E-state index >= 15 is 0 Å². The van der Waals surface area contributed by atoms with Gasteiger partial charge in [-0.3, -0.25) is 9.79 Å². The van der Waals surface area contributed by atoms with Crippen LogP contribution in [0.1, 0.15) is 26.7 Å². The maximum Gasteiger partial charge on any atom is 0.134 e. The number of rotatable bonds is 10. The zero-order chi connectivity index (χ0) is 21.4. The molecule has 0 bridgehead atoms. The highest BCUT2D eigenvalue weighted by molar-refractivity contribution is 5.84. The van der Waals surface area contributed by atoms with Crippen LogP contribution in [-0.4, -0.2) is 56.2 Å². The zero-order valence-corrected chi connectivity index (χ0v) is 18.1. The van der Waals surface area contributed by atoms with Gasteiger partial charge in [-0.05, 0) is 69.4 Å². The van der Waals surface area contributed by atoms with E-state index in [9.17, 15) is 4.79 Å². The fraction of sp³-hybridized carbons (Fsp3) is 0.478. The number of allylic oxidation sites excluding steroid dienone is 1. The third-order valence-corrected chi connectivity index (χ3v) is 5.58. The van der Waals surface area contributed by atoms with Gasteiger partial charge < -0.3 is 21.3 Å². The van der Waals surface area contributed by atoms with Gasteiger partial charge in [0.15, 0.2) is 0 Å². The van der Waals surface area contributed by atoms with Gasteiger partial charge in [0.25, 0.3) is 0 Å². The lowest BCUT2D eigenvalue weighted by molar-refractivity contribution is -0.120. The Hall–Kier alpha value is -2.44. The van der Waals surface area contributed by atoms with E-state index in [0.717, 1.165) is 16.8 Å². The molecule has 0 fully saturated rings. The Morgan fingerprint density at radius 1 is 1.52 bits per heavy atom. The Kier molecular flexibility index (Phi) is 8.61. The highest BCUT2D eigenvalue weighted by Crippen LogP contribution is 2.23. The molecule has 2 aliphatic rings. The van der Waals surface area contributed by atoms with Gasteiger partial charge in [-0.25, -0.2) is 0 Å². The van der Waals surface area contributed by atoms with Crippen molar-refractivity contribution in [3.05, 3.63) is 59.6 Å². The summed E-state index contributed by atoms with van der Waals surface area (Å²) in [4.78, 5) is 18.5. The quantitative estimate of drug-likeness (QED) is 0.493. The van der Waals surface area contributed by atoms with E-state index in [2.05, 4.69) is 60.5 Å². The van der Waals surface area contributed by atoms with E-state index in [-0.39, 0.29) is 17.7 Å². The smallest absolute Gasteiger partial charge is 0.134 e. The molecule has 0 aromatic heterocycles. The molecule has 2 rings (SSSR count). The molecule has 4 N–H and O–H groups in total. The maximum atomic E-state index is 11.7. The Balaban J connectivity index is 2.13. The van der Waals surface area contributed by atoms with Gasteiger partial charge in [-0.2, -0.15) is 0 Å². The van der Waals surface area contributed by atoms with Crippen molar-refractivity contribution in [2.75, 3.05) is 27.2 Å². The van der Waals surface area contributed by atoms with Crippen LogP contribution in [0.4, 0.5) is 0 Å². The van der Waals surface area contributed by atoms with Crippen molar-refractivity contribution < 1.29 is 4.79 Å². The van der Waals surface area contributed by atoms with Crippen LogP contribution in [0, 0.1) is 5.92 Å². The first-order chi connectivity index (χ1) is 13.9. The molecule has 158 valence electrons. The van der Waals surface area contributed by atoms with E-state index in [0.29, 0.717) is 32.0 Å². The molecule has 6 nitrogen and oxygen atoms in total. The summed E-state index contributed by atoms with van der Waals surface area (Å²) >= 11 is 0. The van der Waals surface area contributed by atoms with E-state index in [1.54, 1.807) is 6.92 Å². The first-order valence-electron chi connectivity index (χ1n) is 10.2. The van der Waals surface area contributed by atoms with Gasteiger partial charge in [0.1, 0.15) is 5.78 Å². The number of nitrogens with zero attached hydrogens (tertiary/aromatic N) is 2. The Labute approximate surface area is 175 Å². The molecule has 0 amide bonds. The average molecular weight is 398 g/mol. The SMILES string of the molecule is C=C(CCC(CN)C(C)=O)C1=C(C=NCC2=CC(C)N(C)C=C2)C(NC)C=CN1. The first kappa shape index (κ1) is 22.8. The van der Waals surface area contributed by atoms with Crippen molar-refractivity contribution in [3.63, 3.8) is 0 Å². The molecule has 29 heavy (non-hydrogen) atoms. The molecule has 0 radical (unpaired) electrons. The lowest BCUT2D eigenvalue weighted by Gasteiger charge is -2.25. The summed E-state index contributed by atoms with van der Waals surface area (Å²) in [6, 6.07) is 0.437. The summed E-state index contributed by atoms with van der Waals surface area (Å²) in [5, 5.41) is 6.63. The topological polar surface area (TPSA) is 82.8 Å². The molecular weight excluding hydrogens is 362 g/mol. The monoisotopic (exact) mass is 397 g/mol. The van der Waals surface area contributed by atoms with E-state index in [1.807, 2.05) is 19.5 Å². The number of nitrogens with two attached hydrogens (primary N) is 1. The van der Waals surface area contributed by atoms with Crippen molar-refractivity contribution in [2.24, 2.45) is 16.6 Å². The zero-order valence-electron chi connectivity index (χ0n) is 18.1. The van der Waals surface area contributed by atoms with Crippen molar-refractivity contribution >= 4 is 12.0 Å². The Bertz CT molecular complexity index is 759. The average Bonchev–Trinajstić information content (AvgIpc) is 2.70. The predicted octanol–water partition coefficient (Wildman–Crippen LogP) is 2.29. The fourth-order valence-electron chi connectivity index (χ4n) is 3.42. The van der Waals surface area contributed by atoms with Crippen molar-refractivity contribution in [2.45, 2.75) is 38.8 Å². The lowest BCUT2D eigenvalue weighted by Crippen LogP contribution is -2.33. The minimum atomic E-state index is -0.117. The van der Waals surface area contributed by atoms with Crippen molar-refractivity contribution in [1.82, 2.24) is 15.5 Å². The molecule has 0 spiro atoms. The number of ketones is 1. The Morgan fingerprint density at radius 2 is 2.28 bits per heavy atom. The van der Waals surface area contributed by atoms with E-state index in [4.69, 9.17) is 10.7 Å². The molecule has 0 aliphatic carbocycles. The van der Waals surface area contributed by atoms with Crippen LogP contribution in [0.5, 0.6) is 0 Å². The number of hydrogen-bond donors (Lipinski definition) is 3. The summed E-state index contributed by atoms with van der Waals surface area (Å²) < 4.78 is 0. The Morgan fingerprint density at radius 3 is 2.90 bits per heavy atom. The summed E-state index contributed by atoms with van der Waals surface area (Å²) in [5.74, 6) is 0.0168. The highest BCUT2D eigenvalue weighted by atomic mass is 16.1. The van der Waals surface area contributed by atoms with E-state index in [1.165, 1.54) is 5.57 Å². The van der Waals surface area contributed by atoms with Gasteiger partial charge in [0.05, 0.1) is 12.6 Å². The molecule has 0 saturated heterocycles.